The molecule has 0 aliphatic rings. The highest BCUT2D eigenvalue weighted by molar-refractivity contribution is 6.27. The molecule has 5 N–H and O–H groups in total. The Balaban J connectivity index is 0.000000459. The van der Waals surface area contributed by atoms with Gasteiger partial charge in [-0.2, -0.15) is 0 Å². The van der Waals surface area contributed by atoms with Gasteiger partial charge in [0.05, 0.1) is 6.10 Å². The minimum absolute atomic E-state index is 0.0495. The van der Waals surface area contributed by atoms with Crippen LogP contribution in [0.2, 0.25) is 0 Å². The van der Waals surface area contributed by atoms with Crippen LogP contribution in [0, 0.1) is 5.82 Å². The van der Waals surface area contributed by atoms with E-state index in [1.807, 2.05) is 0 Å². The number of phenols is 1. The number of aliphatic hydroxyl groups excluding tert-OH is 1. The van der Waals surface area contributed by atoms with E-state index in [0.717, 1.165) is 6.07 Å². The lowest BCUT2D eigenvalue weighted by atomic mass is 10.1. The number of aliphatic hydroxyl groups is 1. The number of halogens is 1. The van der Waals surface area contributed by atoms with E-state index in [-0.39, 0.29) is 17.9 Å². The number of aromatic hydroxyl groups is 1. The van der Waals surface area contributed by atoms with Crippen molar-refractivity contribution in [1.82, 2.24) is 5.32 Å². The molecule has 0 amide bonds. The van der Waals surface area contributed by atoms with E-state index in [0.29, 0.717) is 0 Å². The van der Waals surface area contributed by atoms with Gasteiger partial charge in [-0.1, -0.05) is 0 Å². The predicted octanol–water partition coefficient (Wildman–Crippen LogP) is -0.0603. The van der Waals surface area contributed by atoms with E-state index in [1.165, 1.54) is 12.1 Å². The van der Waals surface area contributed by atoms with E-state index in [2.05, 4.69) is 5.32 Å². The standard InChI is InChI=1S/C9H12FNO2.C2H2O4/c1-11-5-9(13)7-4-6(12)2-3-8(7)10;3-1(4)2(5)6/h2-4,9,11-13H,5H2,1H3;(H,3,4)(H,5,6). The van der Waals surface area contributed by atoms with Crippen LogP contribution in [0.1, 0.15) is 11.7 Å². The summed E-state index contributed by atoms with van der Waals surface area (Å²) < 4.78 is 13.0. The fraction of sp³-hybridized carbons (Fsp3) is 0.273. The summed E-state index contributed by atoms with van der Waals surface area (Å²) in [5, 5.41) is 36.0. The molecule has 0 spiro atoms. The number of rotatable bonds is 3. The number of hydrogen-bond donors (Lipinski definition) is 5. The fourth-order valence-electron chi connectivity index (χ4n) is 1.09. The number of carboxylic acid groups (broad SMARTS) is 2. The summed E-state index contributed by atoms with van der Waals surface area (Å²) in [7, 11) is 1.66. The van der Waals surface area contributed by atoms with Crippen LogP contribution in [0.5, 0.6) is 5.75 Å². The predicted molar refractivity (Wildman–Crippen MR) is 62.2 cm³/mol. The van der Waals surface area contributed by atoms with E-state index in [9.17, 15) is 9.50 Å². The van der Waals surface area contributed by atoms with Gasteiger partial charge in [-0.25, -0.2) is 14.0 Å². The number of hydrogen-bond acceptors (Lipinski definition) is 5. The van der Waals surface area contributed by atoms with Gasteiger partial charge in [0.15, 0.2) is 0 Å². The summed E-state index contributed by atoms with van der Waals surface area (Å²) in [5.41, 5.74) is 0.106. The second-order valence-corrected chi connectivity index (χ2v) is 3.39. The molecule has 19 heavy (non-hydrogen) atoms. The first-order valence-corrected chi connectivity index (χ1v) is 5.06. The average Bonchev–Trinajstić information content (AvgIpc) is 2.33. The topological polar surface area (TPSA) is 127 Å². The van der Waals surface area contributed by atoms with Gasteiger partial charge in [0.2, 0.25) is 0 Å². The molecule has 1 aromatic carbocycles. The van der Waals surface area contributed by atoms with Crippen molar-refractivity contribution in [3.8, 4) is 5.75 Å². The van der Waals surface area contributed by atoms with Crippen LogP contribution in [0.4, 0.5) is 4.39 Å². The summed E-state index contributed by atoms with van der Waals surface area (Å²) in [5.74, 6) is -4.21. The van der Waals surface area contributed by atoms with Crippen molar-refractivity contribution in [3.63, 3.8) is 0 Å². The number of nitrogens with one attached hydrogen (secondary N) is 1. The molecule has 7 nitrogen and oxygen atoms in total. The third-order valence-electron chi connectivity index (χ3n) is 1.92. The molecule has 0 heterocycles. The first-order chi connectivity index (χ1) is 8.79. The summed E-state index contributed by atoms with van der Waals surface area (Å²) in [6, 6.07) is 3.59. The molecule has 0 saturated carbocycles. The molecular formula is C11H14FNO6. The lowest BCUT2D eigenvalue weighted by Crippen LogP contribution is -2.17. The van der Waals surface area contributed by atoms with Gasteiger partial charge in [-0.3, -0.25) is 0 Å². The summed E-state index contributed by atoms with van der Waals surface area (Å²) in [6.45, 7) is 0.250. The molecule has 0 aliphatic heterocycles. The van der Waals surface area contributed by atoms with Gasteiger partial charge in [-0.05, 0) is 25.2 Å². The van der Waals surface area contributed by atoms with Crippen molar-refractivity contribution in [3.05, 3.63) is 29.6 Å². The number of phenolic OH excluding ortho intramolecular Hbond substituents is 1. The van der Waals surface area contributed by atoms with Crippen LogP contribution >= 0.6 is 0 Å². The second kappa shape index (κ2) is 8.01. The number of carboxylic acids is 2. The minimum Gasteiger partial charge on any atom is -0.508 e. The Morgan fingerprint density at radius 3 is 2.26 bits per heavy atom. The van der Waals surface area contributed by atoms with Crippen molar-refractivity contribution in [2.75, 3.05) is 13.6 Å². The molecule has 8 heteroatoms. The van der Waals surface area contributed by atoms with E-state index < -0.39 is 23.9 Å². The lowest BCUT2D eigenvalue weighted by Gasteiger charge is -2.11. The number of aliphatic carboxylic acids is 2. The van der Waals surface area contributed by atoms with Crippen molar-refractivity contribution in [2.45, 2.75) is 6.10 Å². The number of benzene rings is 1. The van der Waals surface area contributed by atoms with Gasteiger partial charge in [0.25, 0.3) is 0 Å². The molecule has 1 aromatic rings. The smallest absolute Gasteiger partial charge is 0.414 e. The largest absolute Gasteiger partial charge is 0.508 e. The molecule has 1 unspecified atom stereocenters. The normalized spacial score (nSPS) is 11.1. The third kappa shape index (κ3) is 6.34. The average molecular weight is 275 g/mol. The Hall–Kier alpha value is -2.19. The molecule has 0 fully saturated rings. The van der Waals surface area contributed by atoms with Crippen LogP contribution in [-0.2, 0) is 9.59 Å². The lowest BCUT2D eigenvalue weighted by molar-refractivity contribution is -0.159. The van der Waals surface area contributed by atoms with Crippen LogP contribution in [0.3, 0.4) is 0 Å². The molecule has 0 aliphatic carbocycles. The molecule has 1 rings (SSSR count). The van der Waals surface area contributed by atoms with Crippen LogP contribution in [0.25, 0.3) is 0 Å². The summed E-state index contributed by atoms with van der Waals surface area (Å²) in [6.07, 6.45) is -0.933. The van der Waals surface area contributed by atoms with Crippen molar-refractivity contribution < 1.29 is 34.4 Å². The van der Waals surface area contributed by atoms with Gasteiger partial charge in [0.1, 0.15) is 11.6 Å². The van der Waals surface area contributed by atoms with Crippen LogP contribution in [0.15, 0.2) is 18.2 Å². The Morgan fingerprint density at radius 1 is 1.32 bits per heavy atom. The Kier molecular flexibility index (Phi) is 7.08. The number of carbonyl (C=O) groups is 2. The maximum Gasteiger partial charge on any atom is 0.414 e. The van der Waals surface area contributed by atoms with E-state index >= 15 is 0 Å². The highest BCUT2D eigenvalue weighted by Gasteiger charge is 2.12. The van der Waals surface area contributed by atoms with Crippen LogP contribution in [-0.4, -0.2) is 46.0 Å². The van der Waals surface area contributed by atoms with Crippen molar-refractivity contribution >= 4 is 11.9 Å². The summed E-state index contributed by atoms with van der Waals surface area (Å²) in [4.78, 5) is 18.2. The monoisotopic (exact) mass is 275 g/mol. The first kappa shape index (κ1) is 16.8. The SMILES string of the molecule is CNCC(O)c1cc(O)ccc1F.O=C(O)C(=O)O. The molecular weight excluding hydrogens is 261 g/mol. The highest BCUT2D eigenvalue weighted by Crippen LogP contribution is 2.21. The Labute approximate surface area is 107 Å². The zero-order valence-corrected chi connectivity index (χ0v) is 10.00. The van der Waals surface area contributed by atoms with Gasteiger partial charge in [0, 0.05) is 12.1 Å². The fourth-order valence-corrected chi connectivity index (χ4v) is 1.09. The van der Waals surface area contributed by atoms with E-state index in [1.54, 1.807) is 7.05 Å². The van der Waals surface area contributed by atoms with E-state index in [4.69, 9.17) is 24.9 Å². The van der Waals surface area contributed by atoms with Crippen molar-refractivity contribution in [2.24, 2.45) is 0 Å². The molecule has 1 atom stereocenters. The zero-order chi connectivity index (χ0) is 15.0. The van der Waals surface area contributed by atoms with Crippen LogP contribution < -0.4 is 5.32 Å². The quantitative estimate of drug-likeness (QED) is 0.489. The maximum atomic E-state index is 13.0. The number of likely N-dealkylation sites (N-methyl/N-ethyl adjacent to an activating group) is 1. The van der Waals surface area contributed by atoms with Gasteiger partial charge in [-0.15, -0.1) is 0 Å². The third-order valence-corrected chi connectivity index (χ3v) is 1.92. The summed E-state index contributed by atoms with van der Waals surface area (Å²) >= 11 is 0. The molecule has 0 aromatic heterocycles. The molecule has 0 saturated heterocycles. The molecule has 106 valence electrons. The van der Waals surface area contributed by atoms with Gasteiger partial charge >= 0.3 is 11.9 Å². The molecule has 0 bridgehead atoms. The van der Waals surface area contributed by atoms with Crippen molar-refractivity contribution in [1.29, 1.82) is 0 Å². The van der Waals surface area contributed by atoms with Gasteiger partial charge < -0.3 is 25.7 Å². The molecule has 0 radical (unpaired) electrons. The highest BCUT2D eigenvalue weighted by atomic mass is 19.1. The Bertz CT molecular complexity index is 439. The maximum absolute atomic E-state index is 13.0. The first-order valence-electron chi connectivity index (χ1n) is 5.06. The minimum atomic E-state index is -1.82. The second-order valence-electron chi connectivity index (χ2n) is 3.39. The zero-order valence-electron chi connectivity index (χ0n) is 10.00. The Morgan fingerprint density at radius 2 is 1.84 bits per heavy atom.